The number of aromatic nitrogens is 4. The van der Waals surface area contributed by atoms with E-state index in [1.807, 2.05) is 6.92 Å². The first-order valence-electron chi connectivity index (χ1n) is 10.6. The molecule has 3 aromatic rings. The normalized spacial score (nSPS) is 20.8. The van der Waals surface area contributed by atoms with Crippen LogP contribution in [0.2, 0.25) is 0 Å². The van der Waals surface area contributed by atoms with E-state index in [0.717, 1.165) is 18.4 Å². The lowest BCUT2D eigenvalue weighted by Crippen LogP contribution is -2.38. The summed E-state index contributed by atoms with van der Waals surface area (Å²) in [5.41, 5.74) is 8.19. The first kappa shape index (κ1) is 21.0. The number of benzene rings is 1. The van der Waals surface area contributed by atoms with E-state index in [-0.39, 0.29) is 34.3 Å². The van der Waals surface area contributed by atoms with Gasteiger partial charge in [-0.1, -0.05) is 11.2 Å². The number of aliphatic hydroxyl groups excluding tert-OH is 1. The molecule has 0 saturated heterocycles. The van der Waals surface area contributed by atoms with Crippen LogP contribution in [0.5, 0.6) is 0 Å². The molecular formula is C21H24N6O4S. The second kappa shape index (κ2) is 7.91. The summed E-state index contributed by atoms with van der Waals surface area (Å²) < 4.78 is 33.6. The van der Waals surface area contributed by atoms with Crippen molar-refractivity contribution in [2.45, 2.75) is 49.5 Å². The second-order valence-electron chi connectivity index (χ2n) is 8.54. The van der Waals surface area contributed by atoms with E-state index in [4.69, 9.17) is 10.3 Å². The number of rotatable bonds is 7. The van der Waals surface area contributed by atoms with Crippen LogP contribution in [-0.2, 0) is 10.0 Å². The van der Waals surface area contributed by atoms with Gasteiger partial charge in [0, 0.05) is 18.0 Å². The molecule has 0 bridgehead atoms. The van der Waals surface area contributed by atoms with Gasteiger partial charge in [0.05, 0.1) is 22.9 Å². The van der Waals surface area contributed by atoms with Gasteiger partial charge < -0.3 is 15.4 Å². The molecule has 1 aromatic carbocycles. The van der Waals surface area contributed by atoms with Crippen LogP contribution in [0.3, 0.4) is 0 Å². The van der Waals surface area contributed by atoms with E-state index in [0.29, 0.717) is 42.4 Å². The molecule has 5 rings (SSSR count). The highest BCUT2D eigenvalue weighted by Crippen LogP contribution is 2.39. The van der Waals surface area contributed by atoms with Gasteiger partial charge in [-0.05, 0) is 56.2 Å². The van der Waals surface area contributed by atoms with Gasteiger partial charge >= 0.3 is 0 Å². The smallest absolute Gasteiger partial charge is 0.280 e. The van der Waals surface area contributed by atoms with Gasteiger partial charge in [-0.15, -0.1) is 0 Å². The van der Waals surface area contributed by atoms with Crippen molar-refractivity contribution in [1.29, 1.82) is 0 Å². The molecule has 4 N–H and O–H groups in total. The van der Waals surface area contributed by atoms with Crippen LogP contribution < -0.4 is 10.5 Å². The van der Waals surface area contributed by atoms with E-state index in [1.165, 1.54) is 6.20 Å². The predicted octanol–water partition coefficient (Wildman–Crippen LogP) is 2.01. The van der Waals surface area contributed by atoms with Crippen LogP contribution >= 0.6 is 0 Å². The van der Waals surface area contributed by atoms with E-state index >= 15 is 0 Å². The summed E-state index contributed by atoms with van der Waals surface area (Å²) in [5.74, 6) is 1.48. The molecular weight excluding hydrogens is 432 g/mol. The number of aliphatic hydroxyl groups is 1. The summed E-state index contributed by atoms with van der Waals surface area (Å²) in [6.07, 6.45) is 4.48. The van der Waals surface area contributed by atoms with Crippen molar-refractivity contribution >= 4 is 15.8 Å². The number of sulfonamides is 1. The third kappa shape index (κ3) is 4.10. The lowest BCUT2D eigenvalue weighted by atomic mass is 9.83. The minimum Gasteiger partial charge on any atom is -0.393 e. The second-order valence-corrected chi connectivity index (χ2v) is 10.3. The molecule has 2 fully saturated rings. The minimum absolute atomic E-state index is 0.131. The number of hydrogen-bond acceptors (Lipinski definition) is 9. The molecule has 2 saturated carbocycles. The van der Waals surface area contributed by atoms with Gasteiger partial charge in [0.15, 0.2) is 17.3 Å². The standard InChI is InChI=1S/C21H24N6O4S/c1-11-2-5-15(32(29,30)24-9-12-6-14(28)7-12)8-16(11)17-10-23-19(22)18(25-17)21-26-20(27-31-21)13-3-4-13/h2,5,8,10,12-14,24,28H,3-4,6-7,9H2,1H3,(H2,22,23)/t12-,14+. The Kier molecular flexibility index (Phi) is 5.19. The van der Waals surface area contributed by atoms with Crippen molar-refractivity contribution < 1.29 is 18.0 Å². The Hall–Kier alpha value is -2.89. The summed E-state index contributed by atoms with van der Waals surface area (Å²) in [5, 5.41) is 13.4. The highest BCUT2D eigenvalue weighted by atomic mass is 32.2. The molecule has 10 nitrogen and oxygen atoms in total. The third-order valence-corrected chi connectivity index (χ3v) is 7.38. The van der Waals surface area contributed by atoms with Crippen molar-refractivity contribution in [3.05, 3.63) is 35.8 Å². The van der Waals surface area contributed by atoms with Crippen LogP contribution in [0.25, 0.3) is 22.8 Å². The van der Waals surface area contributed by atoms with E-state index < -0.39 is 10.0 Å². The first-order valence-corrected chi connectivity index (χ1v) is 12.0. The Morgan fingerprint density at radius 2 is 2.03 bits per heavy atom. The number of nitrogens with two attached hydrogens (primary N) is 1. The summed E-state index contributed by atoms with van der Waals surface area (Å²) in [7, 11) is -3.71. The van der Waals surface area contributed by atoms with Crippen molar-refractivity contribution in [3.63, 3.8) is 0 Å². The molecule has 0 aliphatic heterocycles. The minimum atomic E-state index is -3.71. The van der Waals surface area contributed by atoms with E-state index in [9.17, 15) is 13.5 Å². The van der Waals surface area contributed by atoms with Gasteiger partial charge in [-0.3, -0.25) is 0 Å². The average Bonchev–Trinajstić information content (AvgIpc) is 3.48. The van der Waals surface area contributed by atoms with Crippen LogP contribution in [0.1, 0.15) is 43.0 Å². The average molecular weight is 457 g/mol. The molecule has 32 heavy (non-hydrogen) atoms. The number of anilines is 1. The number of nitrogens with one attached hydrogen (secondary N) is 1. The number of aryl methyl sites for hydroxylation is 1. The van der Waals surface area contributed by atoms with Gasteiger partial charge in [-0.25, -0.2) is 23.1 Å². The fourth-order valence-electron chi connectivity index (χ4n) is 3.75. The molecule has 11 heteroatoms. The van der Waals surface area contributed by atoms with Gasteiger partial charge in [0.2, 0.25) is 10.0 Å². The summed E-state index contributed by atoms with van der Waals surface area (Å²) in [6, 6.07) is 4.86. The number of hydrogen-bond donors (Lipinski definition) is 3. The zero-order valence-electron chi connectivity index (χ0n) is 17.5. The van der Waals surface area contributed by atoms with Gasteiger partial charge in [-0.2, -0.15) is 4.98 Å². The van der Waals surface area contributed by atoms with Crippen LogP contribution in [-0.4, -0.2) is 46.3 Å². The number of nitrogen functional groups attached to an aromatic ring is 1. The Labute approximate surface area is 185 Å². The highest BCUT2D eigenvalue weighted by Gasteiger charge is 2.30. The highest BCUT2D eigenvalue weighted by molar-refractivity contribution is 7.89. The molecule has 2 aromatic heterocycles. The maximum Gasteiger partial charge on any atom is 0.280 e. The SMILES string of the molecule is Cc1ccc(S(=O)(=O)NC[C@H]2C[C@@H](O)C2)cc1-c1cnc(N)c(-c2nc(C3CC3)no2)n1. The lowest BCUT2D eigenvalue weighted by molar-refractivity contribution is 0.0453. The van der Waals surface area contributed by atoms with Gasteiger partial charge in [0.25, 0.3) is 5.89 Å². The van der Waals surface area contributed by atoms with E-state index in [2.05, 4.69) is 24.8 Å². The van der Waals surface area contributed by atoms with Crippen molar-refractivity contribution in [3.8, 4) is 22.8 Å². The molecule has 2 aliphatic carbocycles. The molecule has 0 spiro atoms. The van der Waals surface area contributed by atoms with Crippen molar-refractivity contribution in [2.24, 2.45) is 5.92 Å². The summed E-state index contributed by atoms with van der Waals surface area (Å²) in [4.78, 5) is 13.3. The van der Waals surface area contributed by atoms with Gasteiger partial charge in [0.1, 0.15) is 0 Å². The Bertz CT molecular complexity index is 1270. The lowest BCUT2D eigenvalue weighted by Gasteiger charge is -2.31. The Balaban J connectivity index is 1.44. The monoisotopic (exact) mass is 456 g/mol. The van der Waals surface area contributed by atoms with Crippen LogP contribution in [0, 0.1) is 12.8 Å². The molecule has 0 radical (unpaired) electrons. The van der Waals surface area contributed by atoms with E-state index in [1.54, 1.807) is 18.2 Å². The summed E-state index contributed by atoms with van der Waals surface area (Å²) in [6.45, 7) is 2.17. The fourth-order valence-corrected chi connectivity index (χ4v) is 4.89. The van der Waals surface area contributed by atoms with Crippen molar-refractivity contribution in [2.75, 3.05) is 12.3 Å². The topological polar surface area (TPSA) is 157 Å². The van der Waals surface area contributed by atoms with Crippen LogP contribution in [0.15, 0.2) is 33.8 Å². The zero-order chi connectivity index (χ0) is 22.5. The Morgan fingerprint density at radius 1 is 1.25 bits per heavy atom. The first-order chi connectivity index (χ1) is 15.3. The largest absolute Gasteiger partial charge is 0.393 e. The summed E-state index contributed by atoms with van der Waals surface area (Å²) >= 11 is 0. The third-order valence-electron chi connectivity index (χ3n) is 5.96. The molecule has 0 atom stereocenters. The maximum absolute atomic E-state index is 12.8. The molecule has 2 heterocycles. The zero-order valence-corrected chi connectivity index (χ0v) is 18.3. The molecule has 2 aliphatic rings. The molecule has 0 amide bonds. The molecule has 168 valence electrons. The van der Waals surface area contributed by atoms with Crippen molar-refractivity contribution in [1.82, 2.24) is 24.8 Å². The number of nitrogens with zero attached hydrogens (tertiary/aromatic N) is 4. The fraction of sp³-hybridized carbons (Fsp3) is 0.429. The Morgan fingerprint density at radius 3 is 2.75 bits per heavy atom. The maximum atomic E-state index is 12.8. The molecule has 0 unspecified atom stereocenters. The quantitative estimate of drug-likeness (QED) is 0.483. The predicted molar refractivity (Wildman–Crippen MR) is 116 cm³/mol. The van der Waals surface area contributed by atoms with Crippen LogP contribution in [0.4, 0.5) is 5.82 Å².